The van der Waals surface area contributed by atoms with Crippen LogP contribution in [0.4, 0.5) is 0 Å². The third-order valence-electron chi connectivity index (χ3n) is 6.25. The lowest BCUT2D eigenvalue weighted by Gasteiger charge is -2.44. The Morgan fingerprint density at radius 3 is 2.59 bits per heavy atom. The van der Waals surface area contributed by atoms with Crippen molar-refractivity contribution in [2.75, 3.05) is 39.3 Å². The number of nitrogens with zero attached hydrogens (tertiary/aromatic N) is 4. The minimum Gasteiger partial charge on any atom is -0.368 e. The van der Waals surface area contributed by atoms with E-state index in [-0.39, 0.29) is 5.91 Å². The Hall–Kier alpha value is -2.31. The Labute approximate surface area is 172 Å². The van der Waals surface area contributed by atoms with Crippen LogP contribution in [0.25, 0.3) is 11.4 Å². The summed E-state index contributed by atoms with van der Waals surface area (Å²) in [6, 6.07) is 10.1. The first-order valence-corrected chi connectivity index (χ1v) is 10.7. The van der Waals surface area contributed by atoms with Gasteiger partial charge in [-0.25, -0.2) is 9.97 Å². The highest BCUT2D eigenvalue weighted by Crippen LogP contribution is 2.40. The summed E-state index contributed by atoms with van der Waals surface area (Å²) in [5, 5.41) is 0. The van der Waals surface area contributed by atoms with E-state index >= 15 is 0 Å². The lowest BCUT2D eigenvalue weighted by atomic mass is 9.83. The van der Waals surface area contributed by atoms with Crippen molar-refractivity contribution in [3.63, 3.8) is 0 Å². The fraction of sp³-hybridized carbons (Fsp3) is 0.522. The van der Waals surface area contributed by atoms with Crippen molar-refractivity contribution >= 4 is 5.91 Å². The molecule has 29 heavy (non-hydrogen) atoms. The molecule has 4 rings (SSSR count). The van der Waals surface area contributed by atoms with Crippen LogP contribution < -0.4 is 0 Å². The third-order valence-corrected chi connectivity index (χ3v) is 6.25. The Morgan fingerprint density at radius 1 is 1.17 bits per heavy atom. The molecular weight excluding hydrogens is 364 g/mol. The molecule has 2 aliphatic heterocycles. The zero-order valence-corrected chi connectivity index (χ0v) is 17.4. The summed E-state index contributed by atoms with van der Waals surface area (Å²) in [4.78, 5) is 26.4. The summed E-state index contributed by atoms with van der Waals surface area (Å²) in [6.45, 7) is 8.60. The van der Waals surface area contributed by atoms with Crippen LogP contribution in [0.2, 0.25) is 0 Å². The number of ether oxygens (including phenoxy) is 1. The van der Waals surface area contributed by atoms with E-state index in [2.05, 4.69) is 23.7 Å². The Kier molecular flexibility index (Phi) is 5.92. The van der Waals surface area contributed by atoms with Crippen LogP contribution >= 0.6 is 0 Å². The number of likely N-dealkylation sites (N-methyl/N-ethyl adjacent to an activating group) is 1. The maximum Gasteiger partial charge on any atom is 0.236 e. The predicted molar refractivity (Wildman–Crippen MR) is 112 cm³/mol. The van der Waals surface area contributed by atoms with Crippen LogP contribution in [0.15, 0.2) is 36.5 Å². The third kappa shape index (κ3) is 4.05. The number of piperidine rings is 1. The molecule has 0 bridgehead atoms. The van der Waals surface area contributed by atoms with Crippen LogP contribution in [0.3, 0.4) is 0 Å². The van der Waals surface area contributed by atoms with Crippen LogP contribution in [-0.2, 0) is 21.6 Å². The van der Waals surface area contributed by atoms with Gasteiger partial charge >= 0.3 is 0 Å². The number of aromatic nitrogens is 2. The number of hydrogen-bond donors (Lipinski definition) is 0. The summed E-state index contributed by atoms with van der Waals surface area (Å²) in [5.41, 5.74) is 2.82. The van der Waals surface area contributed by atoms with Gasteiger partial charge in [0.1, 0.15) is 5.60 Å². The van der Waals surface area contributed by atoms with Crippen molar-refractivity contribution in [3.05, 3.63) is 47.8 Å². The van der Waals surface area contributed by atoms with Crippen LogP contribution in [0, 0.1) is 0 Å². The Balaban J connectivity index is 1.53. The van der Waals surface area contributed by atoms with Gasteiger partial charge in [-0.3, -0.25) is 9.69 Å². The molecule has 154 valence electrons. The van der Waals surface area contributed by atoms with Crippen LogP contribution in [0.5, 0.6) is 0 Å². The second-order valence-electron chi connectivity index (χ2n) is 7.87. The molecule has 1 saturated heterocycles. The van der Waals surface area contributed by atoms with Gasteiger partial charge in [0.15, 0.2) is 5.82 Å². The lowest BCUT2D eigenvalue weighted by Crippen LogP contribution is -2.50. The minimum absolute atomic E-state index is 0.215. The smallest absolute Gasteiger partial charge is 0.236 e. The molecule has 0 atom stereocenters. The first-order valence-electron chi connectivity index (χ1n) is 10.7. The summed E-state index contributed by atoms with van der Waals surface area (Å²) in [6.07, 6.45) is 4.38. The molecule has 3 heterocycles. The number of amides is 1. The van der Waals surface area contributed by atoms with Gasteiger partial charge in [0, 0.05) is 24.8 Å². The zero-order chi connectivity index (χ0) is 20.3. The van der Waals surface area contributed by atoms with Crippen molar-refractivity contribution in [2.45, 2.75) is 38.7 Å². The SMILES string of the molecule is CCN(CC)CC(=O)N1CCC2(CC1)OCCc1cnc(-c3ccccc3)nc12. The van der Waals surface area contributed by atoms with Crippen LogP contribution in [-0.4, -0.2) is 65.0 Å². The summed E-state index contributed by atoms with van der Waals surface area (Å²) in [5.74, 6) is 0.960. The number of hydrogen-bond acceptors (Lipinski definition) is 5. The van der Waals surface area contributed by atoms with Gasteiger partial charge in [-0.1, -0.05) is 44.2 Å². The van der Waals surface area contributed by atoms with E-state index in [0.29, 0.717) is 26.2 Å². The van der Waals surface area contributed by atoms with Crippen molar-refractivity contribution in [1.29, 1.82) is 0 Å². The average molecular weight is 395 g/mol. The zero-order valence-electron chi connectivity index (χ0n) is 17.4. The van der Waals surface area contributed by atoms with Gasteiger partial charge < -0.3 is 9.64 Å². The predicted octanol–water partition coefficient (Wildman–Crippen LogP) is 2.88. The van der Waals surface area contributed by atoms with Crippen molar-refractivity contribution in [3.8, 4) is 11.4 Å². The van der Waals surface area contributed by atoms with E-state index in [4.69, 9.17) is 9.72 Å². The molecule has 1 amide bonds. The molecule has 0 saturated carbocycles. The van der Waals surface area contributed by atoms with Crippen molar-refractivity contribution in [1.82, 2.24) is 19.8 Å². The van der Waals surface area contributed by atoms with Gasteiger partial charge in [0.05, 0.1) is 18.8 Å². The number of fused-ring (bicyclic) bond motifs is 2. The standard InChI is InChI=1S/C23H30N4O2/c1-3-26(4-2)17-20(28)27-13-11-23(12-14-27)21-19(10-15-29-23)16-24-22(25-21)18-8-6-5-7-9-18/h5-9,16H,3-4,10-15,17H2,1-2H3. The molecule has 1 spiro atoms. The minimum atomic E-state index is -0.397. The molecule has 0 aliphatic carbocycles. The van der Waals surface area contributed by atoms with E-state index in [9.17, 15) is 4.79 Å². The second kappa shape index (κ2) is 8.59. The molecule has 6 heteroatoms. The molecule has 1 fully saturated rings. The van der Waals surface area contributed by atoms with E-state index < -0.39 is 5.60 Å². The van der Waals surface area contributed by atoms with Gasteiger partial charge in [0.25, 0.3) is 0 Å². The van der Waals surface area contributed by atoms with Gasteiger partial charge in [0.2, 0.25) is 5.91 Å². The van der Waals surface area contributed by atoms with Gasteiger partial charge in [-0.05, 0) is 37.9 Å². The van der Waals surface area contributed by atoms with Gasteiger partial charge in [-0.2, -0.15) is 0 Å². The largest absolute Gasteiger partial charge is 0.368 e. The molecule has 0 unspecified atom stereocenters. The molecule has 2 aromatic rings. The highest BCUT2D eigenvalue weighted by Gasteiger charge is 2.43. The highest BCUT2D eigenvalue weighted by atomic mass is 16.5. The van der Waals surface area contributed by atoms with E-state index in [1.807, 2.05) is 41.4 Å². The molecule has 0 radical (unpaired) electrons. The maximum atomic E-state index is 12.7. The second-order valence-corrected chi connectivity index (χ2v) is 7.87. The molecule has 1 aromatic carbocycles. The number of benzene rings is 1. The van der Waals surface area contributed by atoms with E-state index in [1.54, 1.807) is 0 Å². The number of carbonyl (C=O) groups excluding carboxylic acids is 1. The molecule has 1 aromatic heterocycles. The Bertz CT molecular complexity index is 843. The molecule has 0 N–H and O–H groups in total. The number of carbonyl (C=O) groups is 1. The normalized spacial score (nSPS) is 18.1. The fourth-order valence-electron chi connectivity index (χ4n) is 4.37. The first-order chi connectivity index (χ1) is 14.1. The van der Waals surface area contributed by atoms with Crippen molar-refractivity contribution in [2.24, 2.45) is 0 Å². The summed E-state index contributed by atoms with van der Waals surface area (Å²) < 4.78 is 6.34. The Morgan fingerprint density at radius 2 is 1.90 bits per heavy atom. The topological polar surface area (TPSA) is 58.6 Å². The van der Waals surface area contributed by atoms with Gasteiger partial charge in [-0.15, -0.1) is 0 Å². The highest BCUT2D eigenvalue weighted by molar-refractivity contribution is 5.78. The molecular formula is C23H30N4O2. The quantitative estimate of drug-likeness (QED) is 0.780. The average Bonchev–Trinajstić information content (AvgIpc) is 2.78. The number of rotatable bonds is 5. The number of likely N-dealkylation sites (tertiary alicyclic amines) is 1. The molecule has 2 aliphatic rings. The monoisotopic (exact) mass is 394 g/mol. The van der Waals surface area contributed by atoms with E-state index in [0.717, 1.165) is 49.4 Å². The fourth-order valence-corrected chi connectivity index (χ4v) is 4.37. The summed E-state index contributed by atoms with van der Waals surface area (Å²) in [7, 11) is 0. The summed E-state index contributed by atoms with van der Waals surface area (Å²) >= 11 is 0. The van der Waals surface area contributed by atoms with Crippen molar-refractivity contribution < 1.29 is 9.53 Å². The molecule has 6 nitrogen and oxygen atoms in total. The maximum absolute atomic E-state index is 12.7. The van der Waals surface area contributed by atoms with E-state index in [1.165, 1.54) is 5.56 Å². The first kappa shape index (κ1) is 20.0. The lowest BCUT2D eigenvalue weighted by molar-refractivity contribution is -0.142. The van der Waals surface area contributed by atoms with Crippen LogP contribution in [0.1, 0.15) is 37.9 Å².